The van der Waals surface area contributed by atoms with Crippen LogP contribution in [0.25, 0.3) is 5.76 Å². The summed E-state index contributed by atoms with van der Waals surface area (Å²) >= 11 is 0. The number of aliphatic hydroxyl groups is 1. The molecule has 1 unspecified atom stereocenters. The average Bonchev–Trinajstić information content (AvgIpc) is 3.18. The van der Waals surface area contributed by atoms with Gasteiger partial charge in [0.25, 0.3) is 11.7 Å². The van der Waals surface area contributed by atoms with Gasteiger partial charge in [0.2, 0.25) is 0 Å². The fraction of sp³-hybridized carbons (Fsp3) is 0.353. The van der Waals surface area contributed by atoms with Crippen LogP contribution in [-0.4, -0.2) is 37.5 Å². The molecule has 1 aliphatic rings. The van der Waals surface area contributed by atoms with E-state index in [2.05, 4.69) is 34.6 Å². The minimum absolute atomic E-state index is 0.0722. The molecule has 0 saturated carbocycles. The highest BCUT2D eigenvalue weighted by Gasteiger charge is 2.47. The Labute approximate surface area is 237 Å². The Morgan fingerprint density at radius 1 is 0.975 bits per heavy atom. The second-order valence-electron chi connectivity index (χ2n) is 11.8. The number of anilines is 2. The molecule has 0 aromatic heterocycles. The van der Waals surface area contributed by atoms with E-state index in [1.165, 1.54) is 4.90 Å². The molecule has 1 heterocycles. The third-order valence-corrected chi connectivity index (χ3v) is 7.37. The minimum atomic E-state index is -0.781. The maximum absolute atomic E-state index is 13.6. The lowest BCUT2D eigenvalue weighted by atomic mass is 9.84. The zero-order valence-electron chi connectivity index (χ0n) is 24.8. The van der Waals surface area contributed by atoms with E-state index in [0.717, 1.165) is 28.1 Å². The van der Waals surface area contributed by atoms with E-state index in [0.29, 0.717) is 23.8 Å². The van der Waals surface area contributed by atoms with Crippen molar-refractivity contribution in [3.8, 4) is 5.75 Å². The van der Waals surface area contributed by atoms with E-state index in [1.807, 2.05) is 86.6 Å². The van der Waals surface area contributed by atoms with Gasteiger partial charge >= 0.3 is 0 Å². The molecule has 3 aromatic rings. The van der Waals surface area contributed by atoms with E-state index in [1.54, 1.807) is 6.07 Å². The van der Waals surface area contributed by atoms with Gasteiger partial charge in [-0.25, -0.2) is 0 Å². The van der Waals surface area contributed by atoms with Crippen molar-refractivity contribution in [2.45, 2.75) is 58.9 Å². The first-order chi connectivity index (χ1) is 18.8. The van der Waals surface area contributed by atoms with Crippen LogP contribution in [0.5, 0.6) is 5.75 Å². The van der Waals surface area contributed by atoms with Crippen molar-refractivity contribution in [2.75, 3.05) is 30.5 Å². The number of aliphatic hydroxyl groups excluding tert-OH is 1. The molecule has 0 spiro atoms. The van der Waals surface area contributed by atoms with Crippen LogP contribution in [-0.2, 0) is 15.0 Å². The van der Waals surface area contributed by atoms with Gasteiger partial charge < -0.3 is 14.7 Å². The van der Waals surface area contributed by atoms with Crippen molar-refractivity contribution in [2.24, 2.45) is 0 Å². The van der Waals surface area contributed by atoms with E-state index >= 15 is 0 Å². The van der Waals surface area contributed by atoms with E-state index < -0.39 is 17.7 Å². The highest BCUT2D eigenvalue weighted by Crippen LogP contribution is 2.43. The Balaban J connectivity index is 1.93. The number of carbonyl (C=O) groups excluding carboxylic acids is 2. The highest BCUT2D eigenvalue weighted by atomic mass is 16.5. The van der Waals surface area contributed by atoms with Gasteiger partial charge in [-0.15, -0.1) is 0 Å². The summed E-state index contributed by atoms with van der Waals surface area (Å²) in [6.45, 7) is 12.9. The number of rotatable bonds is 7. The molecule has 1 N–H and O–H groups in total. The van der Waals surface area contributed by atoms with Crippen molar-refractivity contribution in [3.05, 3.63) is 94.6 Å². The molecule has 40 heavy (non-hydrogen) atoms. The maximum atomic E-state index is 13.6. The first-order valence-corrected chi connectivity index (χ1v) is 13.8. The average molecular weight is 541 g/mol. The van der Waals surface area contributed by atoms with Crippen LogP contribution in [0, 0.1) is 0 Å². The largest absolute Gasteiger partial charge is 0.507 e. The fourth-order valence-electron chi connectivity index (χ4n) is 5.09. The van der Waals surface area contributed by atoms with Crippen LogP contribution in [0.1, 0.15) is 75.8 Å². The summed E-state index contributed by atoms with van der Waals surface area (Å²) in [4.78, 5) is 30.7. The first kappa shape index (κ1) is 28.9. The number of amides is 1. The van der Waals surface area contributed by atoms with Crippen molar-refractivity contribution >= 4 is 28.8 Å². The Kier molecular flexibility index (Phi) is 8.10. The van der Waals surface area contributed by atoms with Crippen molar-refractivity contribution in [1.29, 1.82) is 0 Å². The number of ketones is 1. The molecule has 1 atom stereocenters. The quantitative estimate of drug-likeness (QED) is 0.195. The molecular formula is C34H40N2O4. The lowest BCUT2D eigenvalue weighted by Gasteiger charge is -2.27. The number of hydrogen-bond donors (Lipinski definition) is 1. The Morgan fingerprint density at radius 3 is 2.12 bits per heavy atom. The molecule has 210 valence electrons. The van der Waals surface area contributed by atoms with Gasteiger partial charge in [0.15, 0.2) is 0 Å². The molecule has 6 heteroatoms. The number of ether oxygens (including phenoxy) is 1. The molecule has 0 radical (unpaired) electrons. The smallest absolute Gasteiger partial charge is 0.300 e. The molecule has 1 amide bonds. The third kappa shape index (κ3) is 5.48. The van der Waals surface area contributed by atoms with E-state index in [9.17, 15) is 14.7 Å². The zero-order chi connectivity index (χ0) is 29.4. The summed E-state index contributed by atoms with van der Waals surface area (Å²) < 4.78 is 5.85. The molecule has 0 bridgehead atoms. The first-order valence-electron chi connectivity index (χ1n) is 13.8. The maximum Gasteiger partial charge on any atom is 0.300 e. The fourth-order valence-corrected chi connectivity index (χ4v) is 5.09. The molecule has 3 aromatic carbocycles. The van der Waals surface area contributed by atoms with Crippen molar-refractivity contribution in [1.82, 2.24) is 0 Å². The molecule has 6 nitrogen and oxygen atoms in total. The second-order valence-corrected chi connectivity index (χ2v) is 11.8. The minimum Gasteiger partial charge on any atom is -0.507 e. The summed E-state index contributed by atoms with van der Waals surface area (Å²) in [5, 5.41) is 11.7. The monoisotopic (exact) mass is 540 g/mol. The predicted molar refractivity (Wildman–Crippen MR) is 162 cm³/mol. The Morgan fingerprint density at radius 2 is 1.60 bits per heavy atom. The third-order valence-electron chi connectivity index (χ3n) is 7.37. The Hall–Kier alpha value is -4.06. The van der Waals surface area contributed by atoms with E-state index in [-0.39, 0.29) is 16.7 Å². The summed E-state index contributed by atoms with van der Waals surface area (Å²) in [7, 11) is 3.89. The molecule has 4 rings (SSSR count). The topological polar surface area (TPSA) is 70.1 Å². The summed E-state index contributed by atoms with van der Waals surface area (Å²) in [5.41, 5.74) is 4.65. The van der Waals surface area contributed by atoms with Gasteiger partial charge in [-0.05, 0) is 71.8 Å². The number of benzene rings is 3. The van der Waals surface area contributed by atoms with Gasteiger partial charge in [-0.3, -0.25) is 14.5 Å². The number of carbonyl (C=O) groups is 2. The van der Waals surface area contributed by atoms with Gasteiger partial charge in [-0.1, -0.05) is 58.9 Å². The zero-order valence-corrected chi connectivity index (χ0v) is 24.8. The van der Waals surface area contributed by atoms with Crippen molar-refractivity contribution < 1.29 is 19.4 Å². The van der Waals surface area contributed by atoms with Crippen LogP contribution in [0.4, 0.5) is 11.4 Å². The Bertz CT molecular complexity index is 1430. The second kappa shape index (κ2) is 11.2. The number of Topliss-reactive ketones (excluding diaryl/α,β-unsaturated/α-hetero) is 1. The number of hydrogen-bond acceptors (Lipinski definition) is 5. The highest BCUT2D eigenvalue weighted by molar-refractivity contribution is 6.51. The summed E-state index contributed by atoms with van der Waals surface area (Å²) in [6, 6.07) is 20.1. The van der Waals surface area contributed by atoms with Crippen LogP contribution < -0.4 is 14.5 Å². The summed E-state index contributed by atoms with van der Waals surface area (Å²) in [6.07, 6.45) is 0. The van der Waals surface area contributed by atoms with E-state index in [4.69, 9.17) is 4.74 Å². The summed E-state index contributed by atoms with van der Waals surface area (Å²) in [5.74, 6) is -0.512. The molecule has 1 saturated heterocycles. The normalized spacial score (nSPS) is 17.0. The number of nitrogens with zero attached hydrogens (tertiary/aromatic N) is 2. The van der Waals surface area contributed by atoms with Crippen LogP contribution in [0.15, 0.2) is 72.3 Å². The van der Waals surface area contributed by atoms with Gasteiger partial charge in [0.1, 0.15) is 11.5 Å². The lowest BCUT2D eigenvalue weighted by molar-refractivity contribution is -0.132. The van der Waals surface area contributed by atoms with Crippen LogP contribution in [0.3, 0.4) is 0 Å². The molecular weight excluding hydrogens is 500 g/mol. The van der Waals surface area contributed by atoms with Gasteiger partial charge in [0, 0.05) is 36.6 Å². The SMILES string of the molecule is CCOc1ccc(/C(O)=C2/C(=O)C(=O)N(c3ccc(N(C)C)cc3)C2c2ccc(C(C)C)cc2)cc1C(C)(C)C. The lowest BCUT2D eigenvalue weighted by Crippen LogP contribution is -2.29. The van der Waals surface area contributed by atoms with Crippen molar-refractivity contribution in [3.63, 3.8) is 0 Å². The predicted octanol–water partition coefficient (Wildman–Crippen LogP) is 7.20. The molecule has 1 fully saturated rings. The molecule has 1 aliphatic heterocycles. The standard InChI is InChI=1S/C34H40N2O4/c1-9-40-28-19-14-24(20-27(28)34(4,5)6)31(37)29-30(23-12-10-22(11-13-23)21(2)3)36(33(39)32(29)38)26-17-15-25(16-18-26)35(7)8/h10-21,30,37H,9H2,1-8H3/b31-29-. The van der Waals surface area contributed by atoms with Crippen LogP contribution >= 0.6 is 0 Å². The van der Waals surface area contributed by atoms with Gasteiger partial charge in [-0.2, -0.15) is 0 Å². The molecule has 0 aliphatic carbocycles. The van der Waals surface area contributed by atoms with Crippen LogP contribution in [0.2, 0.25) is 0 Å². The van der Waals surface area contributed by atoms with Gasteiger partial charge in [0.05, 0.1) is 18.2 Å².